The summed E-state index contributed by atoms with van der Waals surface area (Å²) < 4.78 is 10.8. The van der Waals surface area contributed by atoms with E-state index >= 15 is 0 Å². The van der Waals surface area contributed by atoms with Gasteiger partial charge in [-0.05, 0) is 40.2 Å². The van der Waals surface area contributed by atoms with E-state index in [9.17, 15) is 24.6 Å². The summed E-state index contributed by atoms with van der Waals surface area (Å²) in [4.78, 5) is 36.9. The number of hydrogen-bond acceptors (Lipinski definition) is 7. The number of ketones is 1. The van der Waals surface area contributed by atoms with Gasteiger partial charge >= 0.3 is 11.9 Å². The highest BCUT2D eigenvalue weighted by Gasteiger charge is 2.53. The van der Waals surface area contributed by atoms with Gasteiger partial charge in [0.15, 0.2) is 5.78 Å². The highest BCUT2D eigenvalue weighted by molar-refractivity contribution is 5.92. The molecule has 0 spiro atoms. The number of carbonyl (C=O) groups is 3. The highest BCUT2D eigenvalue weighted by Crippen LogP contribution is 2.38. The first kappa shape index (κ1) is 21.1. The molecule has 1 heterocycles. The van der Waals surface area contributed by atoms with Crippen LogP contribution in [0.2, 0.25) is 0 Å². The molecule has 0 amide bonds. The Morgan fingerprint density at radius 2 is 2.04 bits per heavy atom. The van der Waals surface area contributed by atoms with Crippen LogP contribution in [0.1, 0.15) is 40.5 Å². The van der Waals surface area contributed by atoms with Gasteiger partial charge in [0.05, 0.1) is 5.92 Å². The lowest BCUT2D eigenvalue weighted by Gasteiger charge is -2.37. The molecule has 7 nitrogen and oxygen atoms in total. The fraction of sp³-hybridized carbons (Fsp3) is 0.550. The molecule has 5 atom stereocenters. The second-order valence-electron chi connectivity index (χ2n) is 7.29. The van der Waals surface area contributed by atoms with Crippen molar-refractivity contribution >= 4 is 17.7 Å². The molecular weight excluding hydrogens is 352 g/mol. The number of hydrogen-bond donors (Lipinski definition) is 2. The summed E-state index contributed by atoms with van der Waals surface area (Å²) in [6, 6.07) is 0. The first-order chi connectivity index (χ1) is 12.5. The summed E-state index contributed by atoms with van der Waals surface area (Å²) in [5, 5.41) is 21.5. The first-order valence-corrected chi connectivity index (χ1v) is 8.85. The molecule has 2 rings (SSSR count). The van der Waals surface area contributed by atoms with Crippen molar-refractivity contribution in [3.63, 3.8) is 0 Å². The molecule has 0 bridgehead atoms. The minimum atomic E-state index is -2.16. The van der Waals surface area contributed by atoms with E-state index in [2.05, 4.69) is 6.58 Å². The van der Waals surface area contributed by atoms with Crippen LogP contribution in [0.25, 0.3) is 0 Å². The number of ether oxygens (including phenoxy) is 2. The molecule has 7 heteroatoms. The Morgan fingerprint density at radius 3 is 2.63 bits per heavy atom. The van der Waals surface area contributed by atoms with Gasteiger partial charge in [-0.2, -0.15) is 0 Å². The molecule has 1 fully saturated rings. The average molecular weight is 378 g/mol. The molecule has 1 saturated heterocycles. The monoisotopic (exact) mass is 378 g/mol. The molecule has 1 aliphatic carbocycles. The van der Waals surface area contributed by atoms with Gasteiger partial charge < -0.3 is 19.7 Å². The van der Waals surface area contributed by atoms with E-state index in [1.54, 1.807) is 19.9 Å². The van der Waals surface area contributed by atoms with Crippen molar-refractivity contribution in [1.29, 1.82) is 0 Å². The Labute approximate surface area is 158 Å². The predicted molar refractivity (Wildman–Crippen MR) is 96.4 cm³/mol. The Morgan fingerprint density at radius 1 is 1.41 bits per heavy atom. The van der Waals surface area contributed by atoms with E-state index < -0.39 is 47.6 Å². The number of fused-ring (bicyclic) bond motifs is 1. The third-order valence-electron chi connectivity index (χ3n) is 5.26. The molecule has 0 aromatic heterocycles. The number of esters is 2. The van der Waals surface area contributed by atoms with Gasteiger partial charge in [0.2, 0.25) is 0 Å². The van der Waals surface area contributed by atoms with Crippen LogP contribution in [0.3, 0.4) is 0 Å². The fourth-order valence-electron chi connectivity index (χ4n) is 3.21. The van der Waals surface area contributed by atoms with Crippen molar-refractivity contribution in [2.75, 3.05) is 0 Å². The molecule has 0 unspecified atom stereocenters. The zero-order valence-electron chi connectivity index (χ0n) is 16.0. The molecule has 1 aliphatic heterocycles. The summed E-state index contributed by atoms with van der Waals surface area (Å²) in [6.07, 6.45) is -0.423. The summed E-state index contributed by atoms with van der Waals surface area (Å²) in [7, 11) is 0. The second-order valence-corrected chi connectivity index (χ2v) is 7.29. The largest absolute Gasteiger partial charge is 0.455 e. The minimum absolute atomic E-state index is 0.00672. The predicted octanol–water partition coefficient (Wildman–Crippen LogP) is 1.38. The van der Waals surface area contributed by atoms with E-state index in [4.69, 9.17) is 9.47 Å². The maximum absolute atomic E-state index is 12.5. The number of allylic oxidation sites excluding steroid dienone is 2. The topological polar surface area (TPSA) is 110 Å². The van der Waals surface area contributed by atoms with Crippen molar-refractivity contribution in [2.24, 2.45) is 5.92 Å². The van der Waals surface area contributed by atoms with E-state index in [0.717, 1.165) is 5.57 Å². The van der Waals surface area contributed by atoms with Crippen LogP contribution in [-0.4, -0.2) is 51.8 Å². The van der Waals surface area contributed by atoms with Crippen LogP contribution in [0.4, 0.5) is 0 Å². The number of aliphatic hydroxyl groups excluding tert-OH is 1. The molecule has 0 aromatic rings. The number of rotatable bonds is 2. The van der Waals surface area contributed by atoms with E-state index in [1.807, 2.05) is 0 Å². The molecule has 2 aliphatic rings. The lowest BCUT2D eigenvalue weighted by Crippen LogP contribution is -2.57. The van der Waals surface area contributed by atoms with Crippen molar-refractivity contribution in [3.8, 4) is 0 Å². The molecule has 0 aromatic carbocycles. The third-order valence-corrected chi connectivity index (χ3v) is 5.26. The molecule has 148 valence electrons. The summed E-state index contributed by atoms with van der Waals surface area (Å²) in [5.74, 6) is -2.90. The van der Waals surface area contributed by atoms with Crippen molar-refractivity contribution in [2.45, 2.75) is 64.4 Å². The Kier molecular flexibility index (Phi) is 6.07. The SMILES string of the molecule is C=C1C(=O)O[C@@H]2/C=C(\C)CCC(=O)[C@](C)(O)[C@@H](O)[C@@H](OC(=O)/C(C)=C/C)[C@H]12. The zero-order valence-corrected chi connectivity index (χ0v) is 16.0. The van der Waals surface area contributed by atoms with E-state index in [-0.39, 0.29) is 17.6 Å². The van der Waals surface area contributed by atoms with Crippen molar-refractivity contribution < 1.29 is 34.1 Å². The van der Waals surface area contributed by atoms with E-state index in [1.165, 1.54) is 19.9 Å². The van der Waals surface area contributed by atoms with Gasteiger partial charge in [0, 0.05) is 17.6 Å². The van der Waals surface area contributed by atoms with Crippen LogP contribution >= 0.6 is 0 Å². The van der Waals surface area contributed by atoms with Gasteiger partial charge in [-0.1, -0.05) is 18.2 Å². The van der Waals surface area contributed by atoms with Crippen molar-refractivity contribution in [3.05, 3.63) is 35.5 Å². The molecule has 0 radical (unpaired) electrons. The summed E-state index contributed by atoms with van der Waals surface area (Å²) in [6.45, 7) is 9.84. The van der Waals surface area contributed by atoms with Gasteiger partial charge in [-0.3, -0.25) is 4.79 Å². The Balaban J connectivity index is 2.57. The Bertz CT molecular complexity index is 729. The van der Waals surface area contributed by atoms with Gasteiger partial charge in [-0.15, -0.1) is 0 Å². The molecule has 27 heavy (non-hydrogen) atoms. The standard InChI is InChI=1S/C20H26O7/c1-6-11(3)18(23)27-16-15-12(4)19(24)26-13(15)9-10(2)7-8-14(21)20(5,25)17(16)22/h6,9,13,15-17,22,25H,4,7-8H2,1-3,5H3/b10-9+,11-6+/t13-,15-,16+,17+,20+/m1/s1. The van der Waals surface area contributed by atoms with Crippen LogP contribution in [0, 0.1) is 5.92 Å². The Hall–Kier alpha value is -2.25. The number of aliphatic hydroxyl groups is 2. The molecule has 2 N–H and O–H groups in total. The second kappa shape index (κ2) is 7.78. The van der Waals surface area contributed by atoms with Gasteiger partial charge in [0.1, 0.15) is 23.9 Å². The number of carbonyl (C=O) groups excluding carboxylic acids is 3. The van der Waals surface area contributed by atoms with Crippen LogP contribution in [-0.2, 0) is 23.9 Å². The molecular formula is C20H26O7. The fourth-order valence-corrected chi connectivity index (χ4v) is 3.21. The van der Waals surface area contributed by atoms with Crippen LogP contribution < -0.4 is 0 Å². The van der Waals surface area contributed by atoms with Crippen LogP contribution in [0.5, 0.6) is 0 Å². The quantitative estimate of drug-likeness (QED) is 0.424. The average Bonchev–Trinajstić information content (AvgIpc) is 2.88. The lowest BCUT2D eigenvalue weighted by atomic mass is 9.78. The van der Waals surface area contributed by atoms with Crippen molar-refractivity contribution in [1.82, 2.24) is 0 Å². The van der Waals surface area contributed by atoms with E-state index in [0.29, 0.717) is 6.42 Å². The maximum atomic E-state index is 12.5. The third kappa shape index (κ3) is 4.04. The minimum Gasteiger partial charge on any atom is -0.455 e. The smallest absolute Gasteiger partial charge is 0.334 e. The maximum Gasteiger partial charge on any atom is 0.334 e. The molecule has 0 saturated carbocycles. The number of Topliss-reactive ketones (excluding diaryl/α,β-unsaturated/α-hetero) is 1. The zero-order chi connectivity index (χ0) is 20.5. The first-order valence-electron chi connectivity index (χ1n) is 8.85. The highest BCUT2D eigenvalue weighted by atomic mass is 16.6. The lowest BCUT2D eigenvalue weighted by molar-refractivity contribution is -0.179. The van der Waals surface area contributed by atoms with Crippen LogP contribution in [0.15, 0.2) is 35.5 Å². The summed E-state index contributed by atoms with van der Waals surface area (Å²) >= 11 is 0. The normalized spacial score (nSPS) is 37.2. The van der Waals surface area contributed by atoms with Gasteiger partial charge in [0.25, 0.3) is 0 Å². The van der Waals surface area contributed by atoms with Gasteiger partial charge in [-0.25, -0.2) is 9.59 Å². The summed E-state index contributed by atoms with van der Waals surface area (Å²) in [5.41, 5.74) is -1.09.